The number of halogens is 2. The molecule has 1 fully saturated rings. The third-order valence-electron chi connectivity index (χ3n) is 3.13. The van der Waals surface area contributed by atoms with Gasteiger partial charge in [-0.1, -0.05) is 0 Å². The van der Waals surface area contributed by atoms with Crippen molar-refractivity contribution in [2.75, 3.05) is 26.2 Å². The van der Waals surface area contributed by atoms with Crippen LogP contribution in [0.1, 0.15) is 18.6 Å². The summed E-state index contributed by atoms with van der Waals surface area (Å²) in [6, 6.07) is 2.51. The second kappa shape index (κ2) is 7.05. The van der Waals surface area contributed by atoms with Crippen molar-refractivity contribution in [3.63, 3.8) is 0 Å². The van der Waals surface area contributed by atoms with Crippen LogP contribution in [0.15, 0.2) is 19.6 Å². The molecule has 0 spiro atoms. The summed E-state index contributed by atoms with van der Waals surface area (Å²) < 4.78 is 7.24. The molecule has 2 heterocycles. The SMILES string of the molecule is OCCN(Cc1cc(Br)c(Br)o1)CC1CCCN1. The van der Waals surface area contributed by atoms with Gasteiger partial charge in [0.25, 0.3) is 0 Å². The average molecular weight is 382 g/mol. The Hall–Kier alpha value is 0.120. The number of hydrogen-bond donors (Lipinski definition) is 2. The van der Waals surface area contributed by atoms with Gasteiger partial charge in [0.15, 0.2) is 4.67 Å². The standard InChI is InChI=1S/C12H18Br2N2O2/c13-11-6-10(18-12(11)14)8-16(4-5-17)7-9-2-1-3-15-9/h6,9,15,17H,1-5,7-8H2. The number of nitrogens with zero attached hydrogens (tertiary/aromatic N) is 1. The van der Waals surface area contributed by atoms with E-state index < -0.39 is 0 Å². The lowest BCUT2D eigenvalue weighted by Gasteiger charge is -2.23. The van der Waals surface area contributed by atoms with Crippen molar-refractivity contribution in [2.24, 2.45) is 0 Å². The van der Waals surface area contributed by atoms with E-state index in [0.29, 0.717) is 12.6 Å². The first-order chi connectivity index (χ1) is 8.69. The van der Waals surface area contributed by atoms with Gasteiger partial charge in [-0.25, -0.2) is 0 Å². The Morgan fingerprint density at radius 2 is 2.33 bits per heavy atom. The zero-order valence-electron chi connectivity index (χ0n) is 10.2. The first-order valence-corrected chi connectivity index (χ1v) is 7.78. The lowest BCUT2D eigenvalue weighted by Crippen LogP contribution is -2.38. The molecule has 0 radical (unpaired) electrons. The molecular weight excluding hydrogens is 364 g/mol. The summed E-state index contributed by atoms with van der Waals surface area (Å²) in [7, 11) is 0. The van der Waals surface area contributed by atoms with Gasteiger partial charge in [-0.2, -0.15) is 0 Å². The minimum absolute atomic E-state index is 0.176. The highest BCUT2D eigenvalue weighted by atomic mass is 79.9. The third-order valence-corrected chi connectivity index (χ3v) is 4.84. The molecule has 6 heteroatoms. The Labute approximate surface area is 124 Å². The molecule has 1 atom stereocenters. The quantitative estimate of drug-likeness (QED) is 0.794. The van der Waals surface area contributed by atoms with Crippen molar-refractivity contribution in [1.82, 2.24) is 10.2 Å². The number of aliphatic hydroxyl groups is 1. The van der Waals surface area contributed by atoms with Crippen molar-refractivity contribution < 1.29 is 9.52 Å². The van der Waals surface area contributed by atoms with Gasteiger partial charge in [0.2, 0.25) is 0 Å². The van der Waals surface area contributed by atoms with Crippen molar-refractivity contribution >= 4 is 31.9 Å². The van der Waals surface area contributed by atoms with Crippen LogP contribution in [0, 0.1) is 0 Å². The zero-order chi connectivity index (χ0) is 13.0. The second-order valence-corrected chi connectivity index (χ2v) is 6.16. The van der Waals surface area contributed by atoms with Crippen LogP contribution in [0.4, 0.5) is 0 Å². The molecule has 1 aliphatic rings. The average Bonchev–Trinajstić information content (AvgIpc) is 2.91. The first-order valence-electron chi connectivity index (χ1n) is 6.19. The van der Waals surface area contributed by atoms with Gasteiger partial charge in [-0.05, 0) is 57.3 Å². The molecule has 1 unspecified atom stereocenters. The number of hydrogen-bond acceptors (Lipinski definition) is 4. The fourth-order valence-electron chi connectivity index (χ4n) is 2.29. The van der Waals surface area contributed by atoms with Gasteiger partial charge < -0.3 is 14.8 Å². The van der Waals surface area contributed by atoms with Gasteiger partial charge in [0, 0.05) is 19.1 Å². The normalized spacial score (nSPS) is 19.9. The van der Waals surface area contributed by atoms with E-state index in [1.165, 1.54) is 12.8 Å². The van der Waals surface area contributed by atoms with E-state index in [4.69, 9.17) is 9.52 Å². The summed E-state index contributed by atoms with van der Waals surface area (Å²) in [5, 5.41) is 12.6. The fraction of sp³-hybridized carbons (Fsp3) is 0.667. The highest BCUT2D eigenvalue weighted by Crippen LogP contribution is 2.27. The van der Waals surface area contributed by atoms with Gasteiger partial charge in [0.1, 0.15) is 5.76 Å². The Morgan fingerprint density at radius 3 is 2.89 bits per heavy atom. The molecule has 0 saturated carbocycles. The summed E-state index contributed by atoms with van der Waals surface area (Å²) >= 11 is 6.75. The molecule has 102 valence electrons. The van der Waals surface area contributed by atoms with Crippen molar-refractivity contribution in [3.05, 3.63) is 21.0 Å². The van der Waals surface area contributed by atoms with E-state index in [2.05, 4.69) is 42.1 Å². The van der Waals surface area contributed by atoms with Gasteiger partial charge in [0.05, 0.1) is 17.6 Å². The number of nitrogens with one attached hydrogen (secondary N) is 1. The first kappa shape index (κ1) is 14.5. The molecule has 1 saturated heterocycles. The van der Waals surface area contributed by atoms with Crippen LogP contribution >= 0.6 is 31.9 Å². The summed E-state index contributed by atoms with van der Waals surface area (Å²) in [6.07, 6.45) is 2.46. The largest absolute Gasteiger partial charge is 0.452 e. The maximum Gasteiger partial charge on any atom is 0.183 e. The van der Waals surface area contributed by atoms with Crippen LogP contribution in [0.2, 0.25) is 0 Å². The molecule has 1 aromatic rings. The molecule has 1 aromatic heterocycles. The Kier molecular flexibility index (Phi) is 5.69. The molecule has 2 rings (SSSR count). The van der Waals surface area contributed by atoms with Crippen LogP contribution in [0.25, 0.3) is 0 Å². The van der Waals surface area contributed by atoms with E-state index in [1.54, 1.807) is 0 Å². The van der Waals surface area contributed by atoms with Crippen molar-refractivity contribution in [2.45, 2.75) is 25.4 Å². The fourth-order valence-corrected chi connectivity index (χ4v) is 2.95. The van der Waals surface area contributed by atoms with Crippen LogP contribution in [0.3, 0.4) is 0 Å². The summed E-state index contributed by atoms with van der Waals surface area (Å²) in [5.41, 5.74) is 0. The third kappa shape index (κ3) is 4.06. The van der Waals surface area contributed by atoms with E-state index in [0.717, 1.165) is 34.5 Å². The summed E-state index contributed by atoms with van der Waals surface area (Å²) in [6.45, 7) is 3.64. The molecule has 18 heavy (non-hydrogen) atoms. The molecule has 2 N–H and O–H groups in total. The topological polar surface area (TPSA) is 48.6 Å². The highest BCUT2D eigenvalue weighted by Gasteiger charge is 2.19. The lowest BCUT2D eigenvalue weighted by atomic mass is 10.2. The molecule has 0 aliphatic carbocycles. The molecular formula is C12H18Br2N2O2. The van der Waals surface area contributed by atoms with Crippen molar-refractivity contribution in [3.8, 4) is 0 Å². The van der Waals surface area contributed by atoms with E-state index in [1.807, 2.05) is 6.07 Å². The second-order valence-electron chi connectivity index (χ2n) is 4.59. The number of aliphatic hydroxyl groups excluding tert-OH is 1. The molecule has 0 bridgehead atoms. The Bertz CT molecular complexity index is 359. The van der Waals surface area contributed by atoms with Gasteiger partial charge in [-0.15, -0.1) is 0 Å². The van der Waals surface area contributed by atoms with Crippen LogP contribution < -0.4 is 5.32 Å². The minimum Gasteiger partial charge on any atom is -0.452 e. The predicted octanol–water partition coefficient (Wildman–Crippen LogP) is 2.35. The minimum atomic E-state index is 0.176. The Morgan fingerprint density at radius 1 is 1.50 bits per heavy atom. The van der Waals surface area contributed by atoms with Crippen LogP contribution in [0.5, 0.6) is 0 Å². The maximum absolute atomic E-state index is 9.14. The van der Waals surface area contributed by atoms with Crippen LogP contribution in [-0.4, -0.2) is 42.3 Å². The number of furan rings is 1. The monoisotopic (exact) mass is 380 g/mol. The smallest absolute Gasteiger partial charge is 0.183 e. The van der Waals surface area contributed by atoms with Gasteiger partial charge >= 0.3 is 0 Å². The van der Waals surface area contributed by atoms with Gasteiger partial charge in [-0.3, -0.25) is 4.90 Å². The Balaban J connectivity index is 1.92. The summed E-state index contributed by atoms with van der Waals surface area (Å²) in [4.78, 5) is 2.22. The van der Waals surface area contributed by atoms with Crippen LogP contribution in [-0.2, 0) is 6.54 Å². The van der Waals surface area contributed by atoms with E-state index in [-0.39, 0.29) is 6.61 Å². The molecule has 0 aromatic carbocycles. The molecule has 1 aliphatic heterocycles. The number of rotatable bonds is 6. The highest BCUT2D eigenvalue weighted by molar-refractivity contribution is 9.13. The zero-order valence-corrected chi connectivity index (χ0v) is 13.3. The maximum atomic E-state index is 9.14. The lowest BCUT2D eigenvalue weighted by molar-refractivity contribution is 0.169. The molecule has 4 nitrogen and oxygen atoms in total. The summed E-state index contributed by atoms with van der Waals surface area (Å²) in [5.74, 6) is 0.903. The van der Waals surface area contributed by atoms with Crippen molar-refractivity contribution in [1.29, 1.82) is 0 Å². The molecule has 0 amide bonds. The van der Waals surface area contributed by atoms with E-state index in [9.17, 15) is 0 Å². The predicted molar refractivity (Wildman–Crippen MR) is 77.5 cm³/mol. The van der Waals surface area contributed by atoms with E-state index >= 15 is 0 Å².